The van der Waals surface area contributed by atoms with Crippen molar-refractivity contribution >= 4 is 6.03 Å². The van der Waals surface area contributed by atoms with E-state index in [4.69, 9.17) is 0 Å². The maximum atomic E-state index is 12.2. The van der Waals surface area contributed by atoms with Crippen molar-refractivity contribution in [3.8, 4) is 0 Å². The van der Waals surface area contributed by atoms with E-state index >= 15 is 0 Å². The number of likely N-dealkylation sites (N-methyl/N-ethyl adjacent to an activating group) is 1. The summed E-state index contributed by atoms with van der Waals surface area (Å²) in [5.74, 6) is 0. The van der Waals surface area contributed by atoms with Crippen LogP contribution < -0.4 is 10.6 Å². The van der Waals surface area contributed by atoms with Crippen molar-refractivity contribution in [3.05, 3.63) is 71.3 Å². The van der Waals surface area contributed by atoms with Crippen LogP contribution in [0, 0.1) is 6.92 Å². The quantitative estimate of drug-likeness (QED) is 0.861. The third-order valence-electron chi connectivity index (χ3n) is 3.59. The molecule has 4 heteroatoms. The molecule has 2 rings (SSSR count). The monoisotopic (exact) mass is 311 g/mol. The molecule has 2 aromatic rings. The van der Waals surface area contributed by atoms with Gasteiger partial charge in [0.1, 0.15) is 0 Å². The van der Waals surface area contributed by atoms with Crippen molar-refractivity contribution in [2.24, 2.45) is 0 Å². The second-order valence-corrected chi connectivity index (χ2v) is 6.04. The first-order valence-electron chi connectivity index (χ1n) is 7.84. The molecule has 1 unspecified atom stereocenters. The second-order valence-electron chi connectivity index (χ2n) is 6.04. The molecule has 0 saturated heterocycles. The molecular formula is C19H25N3O. The predicted molar refractivity (Wildman–Crippen MR) is 94.3 cm³/mol. The Morgan fingerprint density at radius 2 is 1.83 bits per heavy atom. The summed E-state index contributed by atoms with van der Waals surface area (Å²) in [7, 11) is 4.00. The molecule has 0 heterocycles. The van der Waals surface area contributed by atoms with Gasteiger partial charge in [0, 0.05) is 13.1 Å². The first-order valence-corrected chi connectivity index (χ1v) is 7.84. The fourth-order valence-electron chi connectivity index (χ4n) is 2.50. The van der Waals surface area contributed by atoms with Gasteiger partial charge >= 0.3 is 6.03 Å². The topological polar surface area (TPSA) is 44.4 Å². The highest BCUT2D eigenvalue weighted by Gasteiger charge is 2.15. The number of carbonyl (C=O) groups excluding carboxylic acids is 1. The average Bonchev–Trinajstić information content (AvgIpc) is 2.53. The molecule has 2 aromatic carbocycles. The zero-order chi connectivity index (χ0) is 16.7. The molecule has 0 spiro atoms. The van der Waals surface area contributed by atoms with E-state index in [1.807, 2.05) is 69.6 Å². The minimum absolute atomic E-state index is 0.0382. The Labute approximate surface area is 138 Å². The third kappa shape index (κ3) is 5.75. The Morgan fingerprint density at radius 1 is 1.09 bits per heavy atom. The van der Waals surface area contributed by atoms with E-state index in [0.29, 0.717) is 6.54 Å². The molecule has 0 aliphatic rings. The van der Waals surface area contributed by atoms with E-state index < -0.39 is 0 Å². The average molecular weight is 311 g/mol. The number of urea groups is 1. The lowest BCUT2D eigenvalue weighted by Crippen LogP contribution is -2.41. The molecular weight excluding hydrogens is 286 g/mol. The van der Waals surface area contributed by atoms with Crippen molar-refractivity contribution in [1.82, 2.24) is 15.5 Å². The summed E-state index contributed by atoms with van der Waals surface area (Å²) in [6, 6.07) is 18.0. The number of hydrogen-bond acceptors (Lipinski definition) is 2. The Bertz CT molecular complexity index is 626. The number of benzene rings is 2. The van der Waals surface area contributed by atoms with Gasteiger partial charge in [-0.05, 0) is 32.1 Å². The molecule has 23 heavy (non-hydrogen) atoms. The fraction of sp³-hybridized carbons (Fsp3) is 0.316. The first-order chi connectivity index (χ1) is 11.0. The van der Waals surface area contributed by atoms with E-state index in [1.165, 1.54) is 5.56 Å². The van der Waals surface area contributed by atoms with E-state index in [0.717, 1.165) is 17.7 Å². The van der Waals surface area contributed by atoms with Gasteiger partial charge in [0.2, 0.25) is 0 Å². The molecule has 0 bridgehead atoms. The van der Waals surface area contributed by atoms with Crippen molar-refractivity contribution in [1.29, 1.82) is 0 Å². The molecule has 0 aliphatic carbocycles. The summed E-state index contributed by atoms with van der Waals surface area (Å²) < 4.78 is 0. The molecule has 2 N–H and O–H groups in total. The van der Waals surface area contributed by atoms with Crippen LogP contribution in [0.4, 0.5) is 4.79 Å². The van der Waals surface area contributed by atoms with Gasteiger partial charge in [-0.25, -0.2) is 4.79 Å². The van der Waals surface area contributed by atoms with Gasteiger partial charge in [0.15, 0.2) is 0 Å². The van der Waals surface area contributed by atoms with Gasteiger partial charge in [-0.2, -0.15) is 0 Å². The van der Waals surface area contributed by atoms with Crippen molar-refractivity contribution in [2.75, 3.05) is 20.6 Å². The van der Waals surface area contributed by atoms with E-state index in [-0.39, 0.29) is 12.1 Å². The van der Waals surface area contributed by atoms with Crippen LogP contribution in [0.3, 0.4) is 0 Å². The predicted octanol–water partition coefficient (Wildman–Crippen LogP) is 3.10. The number of amides is 2. The van der Waals surface area contributed by atoms with Crippen LogP contribution in [0.2, 0.25) is 0 Å². The highest BCUT2D eigenvalue weighted by molar-refractivity contribution is 5.74. The summed E-state index contributed by atoms with van der Waals surface area (Å²) in [5, 5.41) is 5.99. The number of aryl methyl sites for hydroxylation is 1. The Morgan fingerprint density at radius 3 is 2.48 bits per heavy atom. The van der Waals surface area contributed by atoms with Crippen molar-refractivity contribution in [3.63, 3.8) is 0 Å². The van der Waals surface area contributed by atoms with E-state index in [9.17, 15) is 4.79 Å². The van der Waals surface area contributed by atoms with Gasteiger partial charge in [-0.15, -0.1) is 0 Å². The standard InChI is InChI=1S/C19H25N3O/c1-15-8-7-9-16(12-15)13-20-19(23)21-18(14-22(2)3)17-10-5-4-6-11-17/h4-12,18H,13-14H2,1-3H3,(H2,20,21,23). The van der Waals surface area contributed by atoms with Gasteiger partial charge in [0.05, 0.1) is 6.04 Å². The summed E-state index contributed by atoms with van der Waals surface area (Å²) in [4.78, 5) is 14.3. The second kappa shape index (κ2) is 8.34. The molecule has 122 valence electrons. The lowest BCUT2D eigenvalue weighted by atomic mass is 10.1. The maximum absolute atomic E-state index is 12.2. The van der Waals surface area contributed by atoms with Crippen LogP contribution in [0.1, 0.15) is 22.7 Å². The van der Waals surface area contributed by atoms with Crippen LogP contribution >= 0.6 is 0 Å². The van der Waals surface area contributed by atoms with Gasteiger partial charge in [-0.3, -0.25) is 0 Å². The molecule has 2 amide bonds. The van der Waals surface area contributed by atoms with Gasteiger partial charge in [0.25, 0.3) is 0 Å². The molecule has 0 aromatic heterocycles. The molecule has 0 fully saturated rings. The number of carbonyl (C=O) groups is 1. The Balaban J connectivity index is 1.95. The van der Waals surface area contributed by atoms with Crippen LogP contribution in [0.15, 0.2) is 54.6 Å². The van der Waals surface area contributed by atoms with Gasteiger partial charge in [-0.1, -0.05) is 60.2 Å². The lowest BCUT2D eigenvalue weighted by Gasteiger charge is -2.23. The number of hydrogen-bond donors (Lipinski definition) is 2. The minimum atomic E-state index is -0.151. The zero-order valence-corrected chi connectivity index (χ0v) is 14.0. The highest BCUT2D eigenvalue weighted by atomic mass is 16.2. The largest absolute Gasteiger partial charge is 0.334 e. The maximum Gasteiger partial charge on any atom is 0.315 e. The number of nitrogens with one attached hydrogen (secondary N) is 2. The van der Waals surface area contributed by atoms with Crippen LogP contribution in [-0.4, -0.2) is 31.6 Å². The van der Waals surface area contributed by atoms with E-state index in [2.05, 4.69) is 21.6 Å². The highest BCUT2D eigenvalue weighted by Crippen LogP contribution is 2.13. The molecule has 1 atom stereocenters. The van der Waals surface area contributed by atoms with Crippen LogP contribution in [-0.2, 0) is 6.54 Å². The van der Waals surface area contributed by atoms with Crippen molar-refractivity contribution < 1.29 is 4.79 Å². The molecule has 0 saturated carbocycles. The first kappa shape index (κ1) is 17.0. The Kier molecular flexibility index (Phi) is 6.18. The molecule has 0 aliphatic heterocycles. The van der Waals surface area contributed by atoms with Crippen molar-refractivity contribution in [2.45, 2.75) is 19.5 Å². The lowest BCUT2D eigenvalue weighted by molar-refractivity contribution is 0.232. The third-order valence-corrected chi connectivity index (χ3v) is 3.59. The fourth-order valence-corrected chi connectivity index (χ4v) is 2.50. The summed E-state index contributed by atoms with van der Waals surface area (Å²) in [6.45, 7) is 3.32. The number of nitrogens with zero attached hydrogens (tertiary/aromatic N) is 1. The van der Waals surface area contributed by atoms with Gasteiger partial charge < -0.3 is 15.5 Å². The molecule has 4 nitrogen and oxygen atoms in total. The van der Waals surface area contributed by atoms with Crippen LogP contribution in [0.25, 0.3) is 0 Å². The normalized spacial score (nSPS) is 12.0. The smallest absolute Gasteiger partial charge is 0.315 e. The zero-order valence-electron chi connectivity index (χ0n) is 14.0. The van der Waals surface area contributed by atoms with Crippen LogP contribution in [0.5, 0.6) is 0 Å². The summed E-state index contributed by atoms with van der Waals surface area (Å²) in [6.07, 6.45) is 0. The minimum Gasteiger partial charge on any atom is -0.334 e. The number of rotatable bonds is 6. The summed E-state index contributed by atoms with van der Waals surface area (Å²) in [5.41, 5.74) is 3.40. The van der Waals surface area contributed by atoms with E-state index in [1.54, 1.807) is 0 Å². The summed E-state index contributed by atoms with van der Waals surface area (Å²) >= 11 is 0. The SMILES string of the molecule is Cc1cccc(CNC(=O)NC(CN(C)C)c2ccccc2)c1. The molecule has 0 radical (unpaired) electrons. The Hall–Kier alpha value is -2.33.